The molecule has 1 aliphatic heterocycles. The number of para-hydroxylation sites is 1. The SMILES string of the molecule is CN(C)CCOc1ccccc1CN1CCCCCCC1. The van der Waals surface area contributed by atoms with E-state index in [1.807, 2.05) is 0 Å². The van der Waals surface area contributed by atoms with Gasteiger partial charge >= 0.3 is 0 Å². The van der Waals surface area contributed by atoms with Crippen LogP contribution in [0.3, 0.4) is 0 Å². The summed E-state index contributed by atoms with van der Waals surface area (Å²) in [4.78, 5) is 4.74. The van der Waals surface area contributed by atoms with E-state index in [0.29, 0.717) is 0 Å². The van der Waals surface area contributed by atoms with Gasteiger partial charge in [0.25, 0.3) is 0 Å². The van der Waals surface area contributed by atoms with Crippen molar-refractivity contribution in [3.8, 4) is 5.75 Å². The van der Waals surface area contributed by atoms with E-state index < -0.39 is 0 Å². The summed E-state index contributed by atoms with van der Waals surface area (Å²) in [6.07, 6.45) is 6.86. The molecular weight excluding hydrogens is 260 g/mol. The number of ether oxygens (including phenoxy) is 1. The summed E-state index contributed by atoms with van der Waals surface area (Å²) in [6, 6.07) is 8.51. The Bertz CT molecular complexity index is 398. The van der Waals surface area contributed by atoms with Gasteiger partial charge in [0, 0.05) is 18.7 Å². The van der Waals surface area contributed by atoms with Crippen LogP contribution in [0.5, 0.6) is 5.75 Å². The molecule has 1 aromatic carbocycles. The number of rotatable bonds is 6. The summed E-state index contributed by atoms with van der Waals surface area (Å²) >= 11 is 0. The van der Waals surface area contributed by atoms with E-state index in [1.165, 1.54) is 50.8 Å². The molecule has 3 heteroatoms. The molecule has 1 saturated heterocycles. The first kappa shape index (κ1) is 16.3. The topological polar surface area (TPSA) is 15.7 Å². The molecule has 0 atom stereocenters. The van der Waals surface area contributed by atoms with Crippen molar-refractivity contribution in [2.75, 3.05) is 40.3 Å². The molecular formula is C18H30N2O. The van der Waals surface area contributed by atoms with Crippen LogP contribution in [0.15, 0.2) is 24.3 Å². The average Bonchev–Trinajstić information content (AvgIpc) is 2.43. The Balaban J connectivity index is 1.91. The lowest BCUT2D eigenvalue weighted by atomic mass is 10.1. The van der Waals surface area contributed by atoms with Crippen molar-refractivity contribution >= 4 is 0 Å². The summed E-state index contributed by atoms with van der Waals surface area (Å²) in [5.74, 6) is 1.06. The molecule has 0 amide bonds. The zero-order valence-electron chi connectivity index (χ0n) is 13.7. The van der Waals surface area contributed by atoms with Crippen molar-refractivity contribution in [1.82, 2.24) is 9.80 Å². The van der Waals surface area contributed by atoms with Gasteiger partial charge in [-0.1, -0.05) is 37.5 Å². The number of likely N-dealkylation sites (N-methyl/N-ethyl adjacent to an activating group) is 1. The van der Waals surface area contributed by atoms with E-state index >= 15 is 0 Å². The summed E-state index contributed by atoms with van der Waals surface area (Å²) in [5.41, 5.74) is 1.33. The predicted molar refractivity (Wildman–Crippen MR) is 88.9 cm³/mol. The molecule has 1 fully saturated rings. The van der Waals surface area contributed by atoms with Gasteiger partial charge in [-0.05, 0) is 46.1 Å². The maximum absolute atomic E-state index is 5.98. The highest BCUT2D eigenvalue weighted by atomic mass is 16.5. The van der Waals surface area contributed by atoms with Gasteiger partial charge in [-0.15, -0.1) is 0 Å². The van der Waals surface area contributed by atoms with Crippen molar-refractivity contribution in [2.24, 2.45) is 0 Å². The highest BCUT2D eigenvalue weighted by Crippen LogP contribution is 2.21. The number of likely N-dealkylation sites (tertiary alicyclic amines) is 1. The monoisotopic (exact) mass is 290 g/mol. The average molecular weight is 290 g/mol. The zero-order chi connectivity index (χ0) is 14.9. The van der Waals surface area contributed by atoms with Crippen LogP contribution in [0, 0.1) is 0 Å². The highest BCUT2D eigenvalue weighted by molar-refractivity contribution is 5.33. The Morgan fingerprint density at radius 3 is 2.38 bits per heavy atom. The van der Waals surface area contributed by atoms with Crippen LogP contribution in [0.2, 0.25) is 0 Å². The molecule has 0 aliphatic carbocycles. The van der Waals surface area contributed by atoms with E-state index in [-0.39, 0.29) is 0 Å². The van der Waals surface area contributed by atoms with Crippen molar-refractivity contribution in [2.45, 2.75) is 38.6 Å². The third-order valence-corrected chi connectivity index (χ3v) is 4.11. The van der Waals surface area contributed by atoms with Gasteiger partial charge < -0.3 is 9.64 Å². The van der Waals surface area contributed by atoms with Gasteiger partial charge in [0.15, 0.2) is 0 Å². The standard InChI is InChI=1S/C18H30N2O/c1-19(2)14-15-21-18-11-7-6-10-17(18)16-20-12-8-4-3-5-9-13-20/h6-7,10-11H,3-5,8-9,12-16H2,1-2H3. The Labute approximate surface area is 129 Å². The number of hydrogen-bond acceptors (Lipinski definition) is 3. The van der Waals surface area contributed by atoms with Gasteiger partial charge in [0.05, 0.1) is 0 Å². The molecule has 0 bridgehead atoms. The molecule has 1 aliphatic rings. The summed E-state index contributed by atoms with van der Waals surface area (Å²) in [5, 5.41) is 0. The Morgan fingerprint density at radius 1 is 1.00 bits per heavy atom. The summed E-state index contributed by atoms with van der Waals surface area (Å²) < 4.78 is 5.98. The van der Waals surface area contributed by atoms with Crippen LogP contribution >= 0.6 is 0 Å². The van der Waals surface area contributed by atoms with Crippen molar-refractivity contribution in [3.05, 3.63) is 29.8 Å². The van der Waals surface area contributed by atoms with E-state index in [0.717, 1.165) is 25.4 Å². The molecule has 1 aromatic rings. The van der Waals surface area contributed by atoms with E-state index in [1.54, 1.807) is 0 Å². The maximum Gasteiger partial charge on any atom is 0.123 e. The summed E-state index contributed by atoms with van der Waals surface area (Å²) in [7, 11) is 4.16. The van der Waals surface area contributed by atoms with Crippen LogP contribution in [0.25, 0.3) is 0 Å². The molecule has 1 heterocycles. The molecule has 0 N–H and O–H groups in total. The molecule has 0 radical (unpaired) electrons. The first-order chi connectivity index (χ1) is 10.3. The zero-order valence-corrected chi connectivity index (χ0v) is 13.7. The Morgan fingerprint density at radius 2 is 1.67 bits per heavy atom. The quantitative estimate of drug-likeness (QED) is 0.798. The highest BCUT2D eigenvalue weighted by Gasteiger charge is 2.11. The maximum atomic E-state index is 5.98. The van der Waals surface area contributed by atoms with Crippen LogP contribution in [0.1, 0.15) is 37.7 Å². The second-order valence-electron chi connectivity index (χ2n) is 6.30. The van der Waals surface area contributed by atoms with Crippen LogP contribution in [0.4, 0.5) is 0 Å². The lowest BCUT2D eigenvalue weighted by Crippen LogP contribution is -2.27. The van der Waals surface area contributed by atoms with Gasteiger partial charge in [0.1, 0.15) is 12.4 Å². The smallest absolute Gasteiger partial charge is 0.123 e. The predicted octanol–water partition coefficient (Wildman–Crippen LogP) is 3.39. The third kappa shape index (κ3) is 6.06. The number of nitrogens with zero attached hydrogens (tertiary/aromatic N) is 2. The van der Waals surface area contributed by atoms with E-state index in [2.05, 4.69) is 48.2 Å². The minimum atomic E-state index is 0.754. The fourth-order valence-corrected chi connectivity index (χ4v) is 2.83. The van der Waals surface area contributed by atoms with Crippen LogP contribution in [-0.4, -0.2) is 50.1 Å². The Hall–Kier alpha value is -1.06. The normalized spacial score (nSPS) is 17.5. The largest absolute Gasteiger partial charge is 0.492 e. The minimum Gasteiger partial charge on any atom is -0.492 e. The third-order valence-electron chi connectivity index (χ3n) is 4.11. The van der Waals surface area contributed by atoms with Gasteiger partial charge in [0.2, 0.25) is 0 Å². The number of benzene rings is 1. The van der Waals surface area contributed by atoms with Crippen LogP contribution in [-0.2, 0) is 6.54 Å². The molecule has 2 rings (SSSR count). The minimum absolute atomic E-state index is 0.754. The second kappa shape index (κ2) is 9.06. The van der Waals surface area contributed by atoms with Gasteiger partial charge in [-0.3, -0.25) is 4.90 Å². The molecule has 0 spiro atoms. The molecule has 21 heavy (non-hydrogen) atoms. The Kier molecular flexibility index (Phi) is 7.04. The lowest BCUT2D eigenvalue weighted by Gasteiger charge is -2.25. The molecule has 0 aromatic heterocycles. The van der Waals surface area contributed by atoms with E-state index in [4.69, 9.17) is 4.74 Å². The fourth-order valence-electron chi connectivity index (χ4n) is 2.83. The molecule has 118 valence electrons. The van der Waals surface area contributed by atoms with Gasteiger partial charge in [-0.2, -0.15) is 0 Å². The van der Waals surface area contributed by atoms with Gasteiger partial charge in [-0.25, -0.2) is 0 Å². The number of hydrogen-bond donors (Lipinski definition) is 0. The molecule has 0 saturated carbocycles. The van der Waals surface area contributed by atoms with Crippen molar-refractivity contribution in [3.63, 3.8) is 0 Å². The fraction of sp³-hybridized carbons (Fsp3) is 0.667. The van der Waals surface area contributed by atoms with Crippen molar-refractivity contribution < 1.29 is 4.74 Å². The van der Waals surface area contributed by atoms with E-state index in [9.17, 15) is 0 Å². The van der Waals surface area contributed by atoms with Crippen LogP contribution < -0.4 is 4.74 Å². The first-order valence-corrected chi connectivity index (χ1v) is 8.33. The molecule has 0 unspecified atom stereocenters. The summed E-state index contributed by atoms with van der Waals surface area (Å²) in [6.45, 7) is 5.19. The molecule has 3 nitrogen and oxygen atoms in total. The first-order valence-electron chi connectivity index (χ1n) is 8.33. The second-order valence-corrected chi connectivity index (χ2v) is 6.30. The lowest BCUT2D eigenvalue weighted by molar-refractivity contribution is 0.228. The van der Waals surface area contributed by atoms with Crippen molar-refractivity contribution in [1.29, 1.82) is 0 Å².